The zero-order chi connectivity index (χ0) is 13.1. The van der Waals surface area contributed by atoms with Crippen LogP contribution in [0.15, 0.2) is 30.5 Å². The molecule has 2 aromatic rings. The highest BCUT2D eigenvalue weighted by Crippen LogP contribution is 2.15. The molecule has 2 rings (SSSR count). The Morgan fingerprint density at radius 2 is 2.11 bits per heavy atom. The first kappa shape index (κ1) is 12.8. The molecule has 18 heavy (non-hydrogen) atoms. The van der Waals surface area contributed by atoms with Crippen molar-refractivity contribution in [2.45, 2.75) is 33.4 Å². The Kier molecular flexibility index (Phi) is 3.82. The molecular weight excluding hydrogens is 222 g/mol. The maximum Gasteiger partial charge on any atom is 0.0638 e. The van der Waals surface area contributed by atoms with Gasteiger partial charge in [0.15, 0.2) is 0 Å². The lowest BCUT2D eigenvalue weighted by Crippen LogP contribution is -2.18. The van der Waals surface area contributed by atoms with Gasteiger partial charge in [-0.1, -0.05) is 29.8 Å². The Hall–Kier alpha value is -1.61. The Morgan fingerprint density at radius 3 is 2.72 bits per heavy atom. The van der Waals surface area contributed by atoms with Crippen LogP contribution in [0.3, 0.4) is 0 Å². The van der Waals surface area contributed by atoms with Crippen LogP contribution >= 0.6 is 0 Å². The first-order chi connectivity index (χ1) is 8.56. The molecule has 1 heterocycles. The predicted octanol–water partition coefficient (Wildman–Crippen LogP) is 2.89. The number of nitrogens with zero attached hydrogens (tertiary/aromatic N) is 2. The summed E-state index contributed by atoms with van der Waals surface area (Å²) in [6.07, 6.45) is 2.07. The first-order valence-corrected chi connectivity index (χ1v) is 6.35. The van der Waals surface area contributed by atoms with Gasteiger partial charge in [0.2, 0.25) is 0 Å². The molecule has 0 fully saturated rings. The average molecular weight is 243 g/mol. The Morgan fingerprint density at radius 1 is 1.33 bits per heavy atom. The number of aromatic nitrogens is 2. The number of aryl methyl sites for hydroxylation is 3. The van der Waals surface area contributed by atoms with Crippen molar-refractivity contribution in [3.8, 4) is 0 Å². The lowest BCUT2D eigenvalue weighted by molar-refractivity contribution is 0.573. The summed E-state index contributed by atoms with van der Waals surface area (Å²) in [5.41, 5.74) is 4.99. The van der Waals surface area contributed by atoms with E-state index in [0.717, 1.165) is 12.2 Å². The van der Waals surface area contributed by atoms with Gasteiger partial charge >= 0.3 is 0 Å². The molecule has 3 nitrogen and oxygen atoms in total. The average Bonchev–Trinajstić information content (AvgIpc) is 2.65. The molecule has 0 aliphatic heterocycles. The minimum absolute atomic E-state index is 0.351. The van der Waals surface area contributed by atoms with Crippen LogP contribution in [0.1, 0.15) is 35.3 Å². The van der Waals surface area contributed by atoms with Crippen LogP contribution < -0.4 is 5.32 Å². The van der Waals surface area contributed by atoms with Crippen LogP contribution in [0, 0.1) is 13.8 Å². The van der Waals surface area contributed by atoms with Gasteiger partial charge in [-0.2, -0.15) is 5.10 Å². The van der Waals surface area contributed by atoms with Gasteiger partial charge in [-0.3, -0.25) is 4.68 Å². The summed E-state index contributed by atoms with van der Waals surface area (Å²) in [6.45, 7) is 7.23. The first-order valence-electron chi connectivity index (χ1n) is 6.35. The molecule has 3 heteroatoms. The molecule has 0 radical (unpaired) electrons. The normalized spacial score (nSPS) is 12.7. The van der Waals surface area contributed by atoms with Crippen LogP contribution in [0.25, 0.3) is 0 Å². The lowest BCUT2D eigenvalue weighted by atomic mass is 10.1. The van der Waals surface area contributed by atoms with Crippen molar-refractivity contribution in [3.05, 3.63) is 52.8 Å². The highest BCUT2D eigenvalue weighted by Gasteiger charge is 2.07. The van der Waals surface area contributed by atoms with Gasteiger partial charge in [0, 0.05) is 31.4 Å². The summed E-state index contributed by atoms with van der Waals surface area (Å²) in [7, 11) is 1.96. The Balaban J connectivity index is 2.00. The number of rotatable bonds is 4. The molecule has 0 spiro atoms. The molecule has 96 valence electrons. The van der Waals surface area contributed by atoms with Gasteiger partial charge in [0.1, 0.15) is 0 Å². The maximum absolute atomic E-state index is 4.35. The molecule has 0 unspecified atom stereocenters. The standard InChI is InChI=1S/C15H21N3/c1-11-6-5-7-14(8-11)12(2)16-9-15-10-18(4)17-13(15)3/h5-8,10,12,16H,9H2,1-4H3/t12-/m1/s1. The third-order valence-corrected chi connectivity index (χ3v) is 3.26. The van der Waals surface area contributed by atoms with E-state index in [-0.39, 0.29) is 0 Å². The molecule has 0 saturated heterocycles. The molecule has 0 saturated carbocycles. The van der Waals surface area contributed by atoms with E-state index in [2.05, 4.69) is 54.7 Å². The van der Waals surface area contributed by atoms with Crippen LogP contribution in [0.5, 0.6) is 0 Å². The van der Waals surface area contributed by atoms with Crippen LogP contribution in [0.2, 0.25) is 0 Å². The summed E-state index contributed by atoms with van der Waals surface area (Å²) >= 11 is 0. The Bertz CT molecular complexity index is 528. The molecule has 0 aliphatic carbocycles. The topological polar surface area (TPSA) is 29.9 Å². The Labute approximate surface area is 109 Å². The van der Waals surface area contributed by atoms with Crippen molar-refractivity contribution < 1.29 is 0 Å². The van der Waals surface area contributed by atoms with Gasteiger partial charge < -0.3 is 5.32 Å². The van der Waals surface area contributed by atoms with E-state index in [0.29, 0.717) is 6.04 Å². The van der Waals surface area contributed by atoms with Crippen molar-refractivity contribution in [1.29, 1.82) is 0 Å². The molecule has 1 N–H and O–H groups in total. The van der Waals surface area contributed by atoms with Crippen molar-refractivity contribution in [3.63, 3.8) is 0 Å². The monoisotopic (exact) mass is 243 g/mol. The summed E-state index contributed by atoms with van der Waals surface area (Å²) in [6, 6.07) is 8.98. The minimum Gasteiger partial charge on any atom is -0.306 e. The van der Waals surface area contributed by atoms with E-state index in [9.17, 15) is 0 Å². The second-order valence-electron chi connectivity index (χ2n) is 4.93. The van der Waals surface area contributed by atoms with Gasteiger partial charge in [-0.05, 0) is 26.3 Å². The second kappa shape index (κ2) is 5.36. The second-order valence-corrected chi connectivity index (χ2v) is 4.93. The van der Waals surface area contributed by atoms with E-state index in [4.69, 9.17) is 0 Å². The molecule has 0 bridgehead atoms. The largest absolute Gasteiger partial charge is 0.306 e. The highest BCUT2D eigenvalue weighted by molar-refractivity contribution is 5.25. The summed E-state index contributed by atoms with van der Waals surface area (Å²) < 4.78 is 1.86. The number of benzene rings is 1. The molecular formula is C15H21N3. The fourth-order valence-electron chi connectivity index (χ4n) is 2.14. The minimum atomic E-state index is 0.351. The molecule has 0 aliphatic rings. The quantitative estimate of drug-likeness (QED) is 0.895. The molecule has 1 aromatic carbocycles. The third-order valence-electron chi connectivity index (χ3n) is 3.26. The van der Waals surface area contributed by atoms with Gasteiger partial charge in [0.05, 0.1) is 5.69 Å². The summed E-state index contributed by atoms with van der Waals surface area (Å²) in [5, 5.41) is 7.90. The maximum atomic E-state index is 4.35. The predicted molar refractivity (Wildman–Crippen MR) is 74.4 cm³/mol. The van der Waals surface area contributed by atoms with Crippen LogP contribution in [0.4, 0.5) is 0 Å². The van der Waals surface area contributed by atoms with Crippen LogP contribution in [-0.2, 0) is 13.6 Å². The van der Waals surface area contributed by atoms with Crippen LogP contribution in [-0.4, -0.2) is 9.78 Å². The zero-order valence-electron chi connectivity index (χ0n) is 11.6. The molecule has 0 amide bonds. The fourth-order valence-corrected chi connectivity index (χ4v) is 2.14. The van der Waals surface area contributed by atoms with E-state index in [1.807, 2.05) is 18.7 Å². The van der Waals surface area contributed by atoms with Crippen molar-refractivity contribution in [2.24, 2.45) is 7.05 Å². The molecule has 1 aromatic heterocycles. The van der Waals surface area contributed by atoms with E-state index in [1.54, 1.807) is 0 Å². The number of hydrogen-bond acceptors (Lipinski definition) is 2. The van der Waals surface area contributed by atoms with E-state index in [1.165, 1.54) is 16.7 Å². The summed E-state index contributed by atoms with van der Waals surface area (Å²) in [5.74, 6) is 0. The van der Waals surface area contributed by atoms with Crippen molar-refractivity contribution >= 4 is 0 Å². The van der Waals surface area contributed by atoms with E-state index >= 15 is 0 Å². The zero-order valence-corrected chi connectivity index (χ0v) is 11.6. The van der Waals surface area contributed by atoms with Gasteiger partial charge in [0.25, 0.3) is 0 Å². The van der Waals surface area contributed by atoms with Gasteiger partial charge in [-0.15, -0.1) is 0 Å². The molecule has 1 atom stereocenters. The van der Waals surface area contributed by atoms with Crippen molar-refractivity contribution in [2.75, 3.05) is 0 Å². The SMILES string of the molecule is Cc1cccc([C@@H](C)NCc2cn(C)nc2C)c1. The fraction of sp³-hybridized carbons (Fsp3) is 0.400. The number of hydrogen-bond donors (Lipinski definition) is 1. The van der Waals surface area contributed by atoms with E-state index < -0.39 is 0 Å². The highest BCUT2D eigenvalue weighted by atomic mass is 15.2. The third kappa shape index (κ3) is 2.99. The van der Waals surface area contributed by atoms with Crippen molar-refractivity contribution in [1.82, 2.24) is 15.1 Å². The number of nitrogens with one attached hydrogen (secondary N) is 1. The lowest BCUT2D eigenvalue weighted by Gasteiger charge is -2.14. The summed E-state index contributed by atoms with van der Waals surface area (Å²) in [4.78, 5) is 0. The smallest absolute Gasteiger partial charge is 0.0638 e. The van der Waals surface area contributed by atoms with Gasteiger partial charge in [-0.25, -0.2) is 0 Å².